The number of ether oxygens (including phenoxy) is 1. The predicted molar refractivity (Wildman–Crippen MR) is 111 cm³/mol. The first-order chi connectivity index (χ1) is 14.5. The Morgan fingerprint density at radius 2 is 2.07 bits per heavy atom. The smallest absolute Gasteiger partial charge is 0.261 e. The zero-order valence-corrected chi connectivity index (χ0v) is 17.6. The number of aryl methyl sites for hydroxylation is 2. The van der Waals surface area contributed by atoms with Crippen molar-refractivity contribution in [2.75, 3.05) is 19.8 Å². The van der Waals surface area contributed by atoms with Gasteiger partial charge in [-0.3, -0.25) is 9.48 Å². The minimum absolute atomic E-state index is 0.0731. The molecule has 1 saturated heterocycles. The van der Waals surface area contributed by atoms with E-state index in [-0.39, 0.29) is 11.9 Å². The molecule has 158 valence electrons. The topological polar surface area (TPSA) is 86.3 Å². The zero-order valence-electron chi connectivity index (χ0n) is 17.6. The summed E-state index contributed by atoms with van der Waals surface area (Å²) in [5.41, 5.74) is 3.21. The molecular formula is C22H27N5O3. The van der Waals surface area contributed by atoms with Gasteiger partial charge in [0.25, 0.3) is 5.89 Å². The number of hydrogen-bond donors (Lipinski definition) is 0. The normalized spacial score (nSPS) is 16.9. The molecule has 8 nitrogen and oxygen atoms in total. The quantitative estimate of drug-likeness (QED) is 0.622. The third-order valence-corrected chi connectivity index (χ3v) is 5.41. The van der Waals surface area contributed by atoms with Gasteiger partial charge in [0.1, 0.15) is 6.04 Å². The molecule has 0 bridgehead atoms. The van der Waals surface area contributed by atoms with Gasteiger partial charge in [0, 0.05) is 26.2 Å². The first kappa shape index (κ1) is 20.3. The highest BCUT2D eigenvalue weighted by molar-refractivity contribution is 5.77. The Morgan fingerprint density at radius 3 is 2.77 bits per heavy atom. The maximum absolute atomic E-state index is 13.0. The summed E-state index contributed by atoms with van der Waals surface area (Å²) in [5.74, 6) is 1.43. The van der Waals surface area contributed by atoms with Crippen LogP contribution in [0.5, 0.6) is 0 Å². The van der Waals surface area contributed by atoms with E-state index in [0.717, 1.165) is 11.1 Å². The van der Waals surface area contributed by atoms with Gasteiger partial charge in [-0.15, -0.1) is 0 Å². The second-order valence-corrected chi connectivity index (χ2v) is 7.93. The van der Waals surface area contributed by atoms with Crippen LogP contribution in [-0.2, 0) is 23.0 Å². The Balaban J connectivity index is 1.43. The lowest BCUT2D eigenvalue weighted by molar-refractivity contribution is -0.140. The Kier molecular flexibility index (Phi) is 5.94. The number of carbonyl (C=O) groups is 1. The van der Waals surface area contributed by atoms with Gasteiger partial charge in [0.15, 0.2) is 5.82 Å². The molecule has 3 heterocycles. The van der Waals surface area contributed by atoms with Crippen LogP contribution in [0.2, 0.25) is 0 Å². The summed E-state index contributed by atoms with van der Waals surface area (Å²) >= 11 is 0. The molecule has 1 aromatic carbocycles. The third kappa shape index (κ3) is 4.43. The Labute approximate surface area is 175 Å². The van der Waals surface area contributed by atoms with Crippen molar-refractivity contribution >= 4 is 5.91 Å². The van der Waals surface area contributed by atoms with Crippen LogP contribution in [0.3, 0.4) is 0 Å². The van der Waals surface area contributed by atoms with Crippen molar-refractivity contribution in [3.05, 3.63) is 53.6 Å². The molecule has 30 heavy (non-hydrogen) atoms. The molecule has 0 saturated carbocycles. The summed E-state index contributed by atoms with van der Waals surface area (Å²) in [6.45, 7) is 5.75. The Hall–Kier alpha value is -3.00. The van der Waals surface area contributed by atoms with Crippen molar-refractivity contribution < 1.29 is 14.1 Å². The van der Waals surface area contributed by atoms with E-state index in [1.165, 1.54) is 5.56 Å². The minimum Gasteiger partial charge on any atom is -0.377 e. The fraction of sp³-hybridized carbons (Fsp3) is 0.455. The molecule has 0 radical (unpaired) electrons. The molecule has 1 unspecified atom stereocenters. The highest BCUT2D eigenvalue weighted by atomic mass is 16.5. The fourth-order valence-corrected chi connectivity index (χ4v) is 3.60. The van der Waals surface area contributed by atoms with Crippen LogP contribution in [0.4, 0.5) is 0 Å². The first-order valence-corrected chi connectivity index (χ1v) is 10.3. The van der Waals surface area contributed by atoms with Crippen LogP contribution >= 0.6 is 0 Å². The van der Waals surface area contributed by atoms with Gasteiger partial charge < -0.3 is 14.2 Å². The van der Waals surface area contributed by atoms with E-state index >= 15 is 0 Å². The van der Waals surface area contributed by atoms with Crippen molar-refractivity contribution in [1.29, 1.82) is 0 Å². The van der Waals surface area contributed by atoms with E-state index in [1.54, 1.807) is 10.9 Å². The van der Waals surface area contributed by atoms with Gasteiger partial charge in [0.05, 0.1) is 25.0 Å². The number of carbonyl (C=O) groups excluding carboxylic acids is 1. The van der Waals surface area contributed by atoms with Crippen molar-refractivity contribution in [3.8, 4) is 11.5 Å². The van der Waals surface area contributed by atoms with Gasteiger partial charge in [0.2, 0.25) is 5.91 Å². The number of morpholine rings is 1. The van der Waals surface area contributed by atoms with Crippen molar-refractivity contribution in [2.45, 2.75) is 38.6 Å². The summed E-state index contributed by atoms with van der Waals surface area (Å²) < 4.78 is 12.7. The van der Waals surface area contributed by atoms with Gasteiger partial charge >= 0.3 is 0 Å². The van der Waals surface area contributed by atoms with Crippen LogP contribution in [0, 0.1) is 0 Å². The van der Waals surface area contributed by atoms with Crippen molar-refractivity contribution in [2.24, 2.45) is 7.05 Å². The van der Waals surface area contributed by atoms with E-state index in [4.69, 9.17) is 9.26 Å². The molecular weight excluding hydrogens is 382 g/mol. The van der Waals surface area contributed by atoms with Crippen LogP contribution < -0.4 is 0 Å². The van der Waals surface area contributed by atoms with E-state index in [9.17, 15) is 4.79 Å². The molecule has 0 spiro atoms. The van der Waals surface area contributed by atoms with Crippen molar-refractivity contribution in [3.63, 3.8) is 0 Å². The van der Waals surface area contributed by atoms with Crippen LogP contribution in [0.25, 0.3) is 11.5 Å². The average molecular weight is 409 g/mol. The molecule has 2 aromatic heterocycles. The summed E-state index contributed by atoms with van der Waals surface area (Å²) in [7, 11) is 1.83. The second-order valence-electron chi connectivity index (χ2n) is 7.93. The maximum Gasteiger partial charge on any atom is 0.261 e. The van der Waals surface area contributed by atoms with E-state index in [2.05, 4.69) is 53.4 Å². The monoisotopic (exact) mass is 409 g/mol. The summed E-state index contributed by atoms with van der Waals surface area (Å²) in [4.78, 5) is 19.3. The molecule has 8 heteroatoms. The SMILES string of the molecule is CC(C)c1ccc(CCC(=O)N2CCOCC2c2noc(-c3cnn(C)c3)n2)cc1. The van der Waals surface area contributed by atoms with Crippen LogP contribution in [0.1, 0.15) is 49.2 Å². The molecule has 1 amide bonds. The molecule has 1 aliphatic rings. The van der Waals surface area contributed by atoms with E-state index in [1.807, 2.05) is 18.1 Å². The number of amides is 1. The number of aromatic nitrogens is 4. The van der Waals surface area contributed by atoms with Gasteiger partial charge in [-0.05, 0) is 23.5 Å². The molecule has 3 aromatic rings. The molecule has 1 fully saturated rings. The summed E-state index contributed by atoms with van der Waals surface area (Å²) in [6, 6.07) is 8.16. The van der Waals surface area contributed by atoms with E-state index in [0.29, 0.717) is 50.2 Å². The first-order valence-electron chi connectivity index (χ1n) is 10.3. The highest BCUT2D eigenvalue weighted by Crippen LogP contribution is 2.26. The lowest BCUT2D eigenvalue weighted by Crippen LogP contribution is -2.44. The van der Waals surface area contributed by atoms with Gasteiger partial charge in [-0.25, -0.2) is 0 Å². The highest BCUT2D eigenvalue weighted by Gasteiger charge is 2.32. The van der Waals surface area contributed by atoms with Gasteiger partial charge in [-0.2, -0.15) is 10.1 Å². The maximum atomic E-state index is 13.0. The summed E-state index contributed by atoms with van der Waals surface area (Å²) in [5, 5.41) is 8.23. The fourth-order valence-electron chi connectivity index (χ4n) is 3.60. The molecule has 0 aliphatic carbocycles. The summed E-state index contributed by atoms with van der Waals surface area (Å²) in [6.07, 6.45) is 4.61. The van der Waals surface area contributed by atoms with Crippen LogP contribution in [0.15, 0.2) is 41.2 Å². The molecule has 1 atom stereocenters. The Bertz CT molecular complexity index is 992. The zero-order chi connectivity index (χ0) is 21.1. The number of hydrogen-bond acceptors (Lipinski definition) is 6. The van der Waals surface area contributed by atoms with Crippen LogP contribution in [-0.4, -0.2) is 50.5 Å². The predicted octanol–water partition coefficient (Wildman–Crippen LogP) is 3.13. The molecule has 0 N–H and O–H groups in total. The standard InChI is InChI=1S/C22H27N5O3/c1-15(2)17-7-4-16(5-8-17)6-9-20(28)27-10-11-29-14-19(27)21-24-22(30-25-21)18-12-23-26(3)13-18/h4-5,7-8,12-13,15,19H,6,9-11,14H2,1-3H3. The average Bonchev–Trinajstić information content (AvgIpc) is 3.41. The number of nitrogens with zero attached hydrogens (tertiary/aromatic N) is 5. The largest absolute Gasteiger partial charge is 0.377 e. The second kappa shape index (κ2) is 8.79. The minimum atomic E-state index is -0.344. The molecule has 4 rings (SSSR count). The molecule has 1 aliphatic heterocycles. The van der Waals surface area contributed by atoms with Crippen molar-refractivity contribution in [1.82, 2.24) is 24.8 Å². The Morgan fingerprint density at radius 1 is 1.27 bits per heavy atom. The lowest BCUT2D eigenvalue weighted by Gasteiger charge is -2.33. The third-order valence-electron chi connectivity index (χ3n) is 5.41. The van der Waals surface area contributed by atoms with Gasteiger partial charge in [-0.1, -0.05) is 43.3 Å². The lowest BCUT2D eigenvalue weighted by atomic mass is 10.00. The number of rotatable bonds is 6. The number of benzene rings is 1. The van der Waals surface area contributed by atoms with E-state index < -0.39 is 0 Å².